The predicted octanol–water partition coefficient (Wildman–Crippen LogP) is 0.618. The molecule has 0 aliphatic rings. The summed E-state index contributed by atoms with van der Waals surface area (Å²) < 4.78 is 1.56. The molecule has 1 atom stereocenters. The van der Waals surface area contributed by atoms with Gasteiger partial charge in [-0.3, -0.25) is 0 Å². The van der Waals surface area contributed by atoms with Gasteiger partial charge >= 0.3 is 0 Å². The number of para-hydroxylation sites is 1. The average Bonchev–Trinajstić information content (AvgIpc) is 2.72. The van der Waals surface area contributed by atoms with E-state index in [-0.39, 0.29) is 0 Å². The Labute approximate surface area is 103 Å². The molecule has 2 rings (SSSR count). The maximum Gasteiger partial charge on any atom is 0.209 e. The largest absolute Gasteiger partial charge is 0.398 e. The molecule has 1 aromatic heterocycles. The normalized spacial score (nSPS) is 12.6. The fourth-order valence-electron chi connectivity index (χ4n) is 1.40. The SMILES string of the molecule is Cn1nnnc1SCC(O)c1ccccc1N. The number of nitrogens with two attached hydrogens (primary N) is 1. The highest BCUT2D eigenvalue weighted by atomic mass is 32.2. The van der Waals surface area contributed by atoms with E-state index < -0.39 is 6.10 Å². The molecular weight excluding hydrogens is 238 g/mol. The maximum absolute atomic E-state index is 10.0. The summed E-state index contributed by atoms with van der Waals surface area (Å²) in [6.45, 7) is 0. The molecule has 0 fully saturated rings. The van der Waals surface area contributed by atoms with Crippen LogP contribution in [-0.2, 0) is 7.05 Å². The number of aromatic nitrogens is 4. The zero-order valence-electron chi connectivity index (χ0n) is 9.32. The fourth-order valence-corrected chi connectivity index (χ4v) is 2.21. The van der Waals surface area contributed by atoms with Gasteiger partial charge in [0.1, 0.15) is 0 Å². The molecule has 17 heavy (non-hydrogen) atoms. The Balaban J connectivity index is 2.01. The molecule has 0 spiro atoms. The lowest BCUT2D eigenvalue weighted by Crippen LogP contribution is -2.05. The molecule has 0 aliphatic carbocycles. The number of hydrogen-bond acceptors (Lipinski definition) is 6. The lowest BCUT2D eigenvalue weighted by atomic mass is 10.1. The second-order valence-corrected chi connectivity index (χ2v) is 4.53. The quantitative estimate of drug-likeness (QED) is 0.611. The first-order chi connectivity index (χ1) is 8.18. The number of thioether (sulfide) groups is 1. The molecule has 7 heteroatoms. The van der Waals surface area contributed by atoms with Crippen LogP contribution in [0.3, 0.4) is 0 Å². The number of aliphatic hydroxyl groups excluding tert-OH is 1. The molecule has 0 aliphatic heterocycles. The maximum atomic E-state index is 10.0. The van der Waals surface area contributed by atoms with Gasteiger partial charge in [-0.1, -0.05) is 30.0 Å². The second-order valence-electron chi connectivity index (χ2n) is 3.54. The minimum atomic E-state index is -0.627. The lowest BCUT2D eigenvalue weighted by Gasteiger charge is -2.12. The predicted molar refractivity (Wildman–Crippen MR) is 65.3 cm³/mol. The summed E-state index contributed by atoms with van der Waals surface area (Å²) in [4.78, 5) is 0. The number of benzene rings is 1. The van der Waals surface area contributed by atoms with Crippen molar-refractivity contribution in [2.45, 2.75) is 11.3 Å². The molecule has 0 bridgehead atoms. The smallest absolute Gasteiger partial charge is 0.209 e. The van der Waals surface area contributed by atoms with Gasteiger partial charge < -0.3 is 10.8 Å². The van der Waals surface area contributed by atoms with E-state index in [2.05, 4.69) is 15.5 Å². The standard InChI is InChI=1S/C10H13N5OS/c1-15-10(12-13-14-15)17-6-9(16)7-4-2-3-5-8(7)11/h2-5,9,16H,6,11H2,1H3. The third kappa shape index (κ3) is 2.75. The van der Waals surface area contributed by atoms with Gasteiger partial charge in [0.15, 0.2) is 0 Å². The van der Waals surface area contributed by atoms with E-state index >= 15 is 0 Å². The van der Waals surface area contributed by atoms with Crippen molar-refractivity contribution in [2.75, 3.05) is 11.5 Å². The minimum Gasteiger partial charge on any atom is -0.398 e. The number of nitrogen functional groups attached to an aromatic ring is 1. The summed E-state index contributed by atoms with van der Waals surface area (Å²) in [6, 6.07) is 7.28. The average molecular weight is 251 g/mol. The van der Waals surface area contributed by atoms with E-state index in [1.165, 1.54) is 11.8 Å². The molecule has 0 saturated heterocycles. The van der Waals surface area contributed by atoms with Crippen molar-refractivity contribution in [2.24, 2.45) is 7.05 Å². The topological polar surface area (TPSA) is 89.8 Å². The molecular formula is C10H13N5OS. The number of aryl methyl sites for hydroxylation is 1. The van der Waals surface area contributed by atoms with Crippen LogP contribution in [-0.4, -0.2) is 31.1 Å². The zero-order chi connectivity index (χ0) is 12.3. The van der Waals surface area contributed by atoms with Crippen molar-refractivity contribution in [3.8, 4) is 0 Å². The van der Waals surface area contributed by atoms with E-state index in [0.29, 0.717) is 16.6 Å². The number of tetrazole rings is 1. The minimum absolute atomic E-state index is 0.461. The van der Waals surface area contributed by atoms with Crippen LogP contribution in [0.4, 0.5) is 5.69 Å². The van der Waals surface area contributed by atoms with E-state index in [1.54, 1.807) is 17.8 Å². The summed E-state index contributed by atoms with van der Waals surface area (Å²) in [6.07, 6.45) is -0.627. The van der Waals surface area contributed by atoms with E-state index in [9.17, 15) is 5.11 Å². The Morgan fingerprint density at radius 3 is 2.88 bits per heavy atom. The summed E-state index contributed by atoms with van der Waals surface area (Å²) in [5, 5.41) is 21.7. The van der Waals surface area contributed by atoms with E-state index in [0.717, 1.165) is 5.56 Å². The number of hydrogen-bond donors (Lipinski definition) is 2. The summed E-state index contributed by atoms with van der Waals surface area (Å²) in [5.41, 5.74) is 7.11. The number of aliphatic hydroxyl groups is 1. The highest BCUT2D eigenvalue weighted by molar-refractivity contribution is 7.99. The van der Waals surface area contributed by atoms with Crippen molar-refractivity contribution in [1.82, 2.24) is 20.2 Å². The van der Waals surface area contributed by atoms with E-state index in [4.69, 9.17) is 5.73 Å². The van der Waals surface area contributed by atoms with Crippen molar-refractivity contribution >= 4 is 17.4 Å². The third-order valence-corrected chi connectivity index (χ3v) is 3.39. The molecule has 6 nitrogen and oxygen atoms in total. The molecule has 90 valence electrons. The Morgan fingerprint density at radius 1 is 1.47 bits per heavy atom. The van der Waals surface area contributed by atoms with Crippen LogP contribution in [0.5, 0.6) is 0 Å². The first kappa shape index (κ1) is 11.9. The van der Waals surface area contributed by atoms with Crippen molar-refractivity contribution in [1.29, 1.82) is 0 Å². The van der Waals surface area contributed by atoms with Crippen LogP contribution >= 0.6 is 11.8 Å². The third-order valence-electron chi connectivity index (χ3n) is 2.31. The van der Waals surface area contributed by atoms with Gasteiger partial charge in [-0.25, -0.2) is 4.68 Å². The first-order valence-corrected chi connectivity index (χ1v) is 6.04. The van der Waals surface area contributed by atoms with Gasteiger partial charge in [0, 0.05) is 24.1 Å². The Morgan fingerprint density at radius 2 is 2.24 bits per heavy atom. The number of anilines is 1. The van der Waals surface area contributed by atoms with Gasteiger partial charge in [-0.05, 0) is 16.5 Å². The molecule has 0 saturated carbocycles. The lowest BCUT2D eigenvalue weighted by molar-refractivity contribution is 0.205. The van der Waals surface area contributed by atoms with Crippen LogP contribution in [0.2, 0.25) is 0 Å². The van der Waals surface area contributed by atoms with Crippen molar-refractivity contribution < 1.29 is 5.11 Å². The van der Waals surface area contributed by atoms with Gasteiger partial charge in [0.2, 0.25) is 5.16 Å². The van der Waals surface area contributed by atoms with Crippen LogP contribution in [0.1, 0.15) is 11.7 Å². The Kier molecular flexibility index (Phi) is 3.60. The summed E-state index contributed by atoms with van der Waals surface area (Å²) in [7, 11) is 1.76. The summed E-state index contributed by atoms with van der Waals surface area (Å²) >= 11 is 1.39. The fraction of sp³-hybridized carbons (Fsp3) is 0.300. The van der Waals surface area contributed by atoms with Crippen LogP contribution < -0.4 is 5.73 Å². The van der Waals surface area contributed by atoms with Gasteiger partial charge in [-0.15, -0.1) is 5.10 Å². The first-order valence-electron chi connectivity index (χ1n) is 5.06. The van der Waals surface area contributed by atoms with Gasteiger partial charge in [-0.2, -0.15) is 0 Å². The molecule has 0 amide bonds. The molecule has 1 heterocycles. The van der Waals surface area contributed by atoms with Crippen molar-refractivity contribution in [3.05, 3.63) is 29.8 Å². The summed E-state index contributed by atoms with van der Waals surface area (Å²) in [5.74, 6) is 0.461. The monoisotopic (exact) mass is 251 g/mol. The molecule has 0 radical (unpaired) electrons. The highest BCUT2D eigenvalue weighted by Gasteiger charge is 2.12. The van der Waals surface area contributed by atoms with Gasteiger partial charge in [0.25, 0.3) is 0 Å². The van der Waals surface area contributed by atoms with Crippen LogP contribution in [0.25, 0.3) is 0 Å². The van der Waals surface area contributed by atoms with Crippen molar-refractivity contribution in [3.63, 3.8) is 0 Å². The Bertz CT molecular complexity index is 501. The number of nitrogens with zero attached hydrogens (tertiary/aromatic N) is 4. The molecule has 3 N–H and O–H groups in total. The molecule has 2 aromatic rings. The van der Waals surface area contributed by atoms with E-state index in [1.807, 2.05) is 18.2 Å². The zero-order valence-corrected chi connectivity index (χ0v) is 10.1. The molecule has 1 unspecified atom stereocenters. The highest BCUT2D eigenvalue weighted by Crippen LogP contribution is 2.25. The second kappa shape index (κ2) is 5.15. The van der Waals surface area contributed by atoms with Crippen LogP contribution in [0.15, 0.2) is 29.4 Å². The Hall–Kier alpha value is -1.60. The molecule has 1 aromatic carbocycles. The van der Waals surface area contributed by atoms with Crippen LogP contribution in [0, 0.1) is 0 Å². The number of rotatable bonds is 4. The van der Waals surface area contributed by atoms with Gasteiger partial charge in [0.05, 0.1) is 6.10 Å².